The molecule has 2 saturated carbocycles. The fourth-order valence-corrected chi connectivity index (χ4v) is 4.52. The van der Waals surface area contributed by atoms with Gasteiger partial charge in [-0.05, 0) is 31.6 Å². The van der Waals surface area contributed by atoms with E-state index in [1.165, 1.54) is 0 Å². The number of hydrogen-bond acceptors (Lipinski definition) is 2. The molecule has 0 heterocycles. The summed E-state index contributed by atoms with van der Waals surface area (Å²) in [6.45, 7) is 0. The zero-order chi connectivity index (χ0) is 10.2. The predicted octanol–water partition coefficient (Wildman–Crippen LogP) is 1.63. The molecular weight excluding hydrogens is 266 g/mol. The minimum Gasteiger partial charge on any atom is -0.212 e. The van der Waals surface area contributed by atoms with Crippen molar-refractivity contribution in [1.82, 2.24) is 4.72 Å². The number of halogens is 1. The molecular formula is C9H16BrNO2S. The molecule has 5 heteroatoms. The molecule has 2 unspecified atom stereocenters. The summed E-state index contributed by atoms with van der Waals surface area (Å²) < 4.78 is 26.2. The molecule has 2 aliphatic carbocycles. The Morgan fingerprint density at radius 3 is 2.50 bits per heavy atom. The molecule has 0 aromatic heterocycles. The van der Waals surface area contributed by atoms with Gasteiger partial charge in [0.05, 0.1) is 5.25 Å². The van der Waals surface area contributed by atoms with E-state index in [-0.39, 0.29) is 11.3 Å². The summed E-state index contributed by atoms with van der Waals surface area (Å²) >= 11 is 3.44. The van der Waals surface area contributed by atoms with Crippen molar-refractivity contribution in [2.45, 2.75) is 43.4 Å². The molecule has 14 heavy (non-hydrogen) atoms. The number of sulfonamides is 1. The number of nitrogens with one attached hydrogen (secondary N) is 1. The summed E-state index contributed by atoms with van der Waals surface area (Å²) in [6.07, 6.45) is 4.99. The molecule has 0 radical (unpaired) electrons. The summed E-state index contributed by atoms with van der Waals surface area (Å²) in [5.41, 5.74) is 0. The van der Waals surface area contributed by atoms with E-state index in [0.29, 0.717) is 5.92 Å². The lowest BCUT2D eigenvalue weighted by atomic mass is 10.1. The van der Waals surface area contributed by atoms with Crippen LogP contribution in [0.15, 0.2) is 0 Å². The minimum atomic E-state index is -2.98. The summed E-state index contributed by atoms with van der Waals surface area (Å²) in [6, 6.07) is 0.181. The minimum absolute atomic E-state index is 0.0842. The van der Waals surface area contributed by atoms with Crippen molar-refractivity contribution in [3.63, 3.8) is 0 Å². The summed E-state index contributed by atoms with van der Waals surface area (Å²) in [4.78, 5) is 0. The third kappa shape index (κ3) is 2.31. The van der Waals surface area contributed by atoms with Crippen LogP contribution in [0.1, 0.15) is 32.1 Å². The highest BCUT2D eigenvalue weighted by atomic mass is 79.9. The standard InChI is InChI=1S/C9H16BrNO2S/c10-6-7-2-1-3-9(7)11-14(12,13)8-4-5-8/h7-9,11H,1-6H2. The van der Waals surface area contributed by atoms with E-state index in [4.69, 9.17) is 0 Å². The Morgan fingerprint density at radius 2 is 1.93 bits per heavy atom. The highest BCUT2D eigenvalue weighted by Crippen LogP contribution is 2.32. The SMILES string of the molecule is O=S(=O)(NC1CCCC1CBr)C1CC1. The van der Waals surface area contributed by atoms with Crippen molar-refractivity contribution in [2.75, 3.05) is 5.33 Å². The van der Waals surface area contributed by atoms with Gasteiger partial charge >= 0.3 is 0 Å². The average Bonchev–Trinajstić information content (AvgIpc) is 2.89. The lowest BCUT2D eigenvalue weighted by molar-refractivity contribution is 0.483. The molecule has 3 nitrogen and oxygen atoms in total. The summed E-state index contributed by atoms with van der Waals surface area (Å²) in [7, 11) is -2.98. The van der Waals surface area contributed by atoms with Crippen LogP contribution in [-0.4, -0.2) is 25.0 Å². The highest BCUT2D eigenvalue weighted by molar-refractivity contribution is 9.09. The van der Waals surface area contributed by atoms with Gasteiger partial charge in [-0.1, -0.05) is 22.4 Å². The maximum absolute atomic E-state index is 11.7. The fraction of sp³-hybridized carbons (Fsp3) is 1.00. The first-order valence-corrected chi connectivity index (χ1v) is 7.87. The van der Waals surface area contributed by atoms with Crippen molar-refractivity contribution >= 4 is 26.0 Å². The van der Waals surface area contributed by atoms with Crippen molar-refractivity contribution in [3.8, 4) is 0 Å². The van der Waals surface area contributed by atoms with Crippen LogP contribution < -0.4 is 4.72 Å². The van der Waals surface area contributed by atoms with Crippen molar-refractivity contribution in [2.24, 2.45) is 5.92 Å². The first-order chi connectivity index (χ1) is 6.63. The van der Waals surface area contributed by atoms with E-state index in [2.05, 4.69) is 20.7 Å². The lowest BCUT2D eigenvalue weighted by Gasteiger charge is -2.18. The van der Waals surface area contributed by atoms with Crippen LogP contribution in [0.4, 0.5) is 0 Å². The predicted molar refractivity (Wildman–Crippen MR) is 60.0 cm³/mol. The second-order valence-corrected chi connectivity index (χ2v) is 6.95. The van der Waals surface area contributed by atoms with Gasteiger partial charge in [0.2, 0.25) is 10.0 Å². The largest absolute Gasteiger partial charge is 0.214 e. The molecule has 2 fully saturated rings. The third-order valence-electron chi connectivity index (χ3n) is 3.14. The van der Waals surface area contributed by atoms with Crippen molar-refractivity contribution in [3.05, 3.63) is 0 Å². The Kier molecular flexibility index (Phi) is 3.19. The normalized spacial score (nSPS) is 33.5. The Hall–Kier alpha value is 0.390. The van der Waals surface area contributed by atoms with Crippen LogP contribution >= 0.6 is 15.9 Å². The lowest BCUT2D eigenvalue weighted by Crippen LogP contribution is -2.39. The molecule has 0 aromatic carbocycles. The van der Waals surface area contributed by atoms with Crippen LogP contribution in [0.25, 0.3) is 0 Å². The Morgan fingerprint density at radius 1 is 1.21 bits per heavy atom. The molecule has 0 aliphatic heterocycles. The van der Waals surface area contributed by atoms with E-state index in [9.17, 15) is 8.42 Å². The molecule has 2 atom stereocenters. The smallest absolute Gasteiger partial charge is 0.212 e. The Balaban J connectivity index is 1.96. The fourth-order valence-electron chi connectivity index (χ4n) is 2.06. The van der Waals surface area contributed by atoms with Gasteiger partial charge in [-0.25, -0.2) is 13.1 Å². The van der Waals surface area contributed by atoms with Crippen molar-refractivity contribution in [1.29, 1.82) is 0 Å². The second kappa shape index (κ2) is 4.10. The molecule has 2 aliphatic rings. The molecule has 2 rings (SSSR count). The monoisotopic (exact) mass is 281 g/mol. The third-order valence-corrected chi connectivity index (χ3v) is 5.95. The van der Waals surface area contributed by atoms with E-state index in [1.54, 1.807) is 0 Å². The Labute approximate surface area is 93.8 Å². The van der Waals surface area contributed by atoms with Crippen LogP contribution in [-0.2, 0) is 10.0 Å². The molecule has 0 amide bonds. The molecule has 0 spiro atoms. The highest BCUT2D eigenvalue weighted by Gasteiger charge is 2.39. The summed E-state index contributed by atoms with van der Waals surface area (Å²) in [5.74, 6) is 0.489. The van der Waals surface area contributed by atoms with Crippen LogP contribution in [0.5, 0.6) is 0 Å². The van der Waals surface area contributed by atoms with E-state index in [0.717, 1.165) is 37.4 Å². The molecule has 82 valence electrons. The van der Waals surface area contributed by atoms with Crippen LogP contribution in [0.2, 0.25) is 0 Å². The zero-order valence-electron chi connectivity index (χ0n) is 8.08. The molecule has 0 aromatic rings. The average molecular weight is 282 g/mol. The molecule has 0 saturated heterocycles. The topological polar surface area (TPSA) is 46.2 Å². The van der Waals surface area contributed by atoms with Gasteiger partial charge in [0.15, 0.2) is 0 Å². The quantitative estimate of drug-likeness (QED) is 0.797. The van der Waals surface area contributed by atoms with E-state index < -0.39 is 10.0 Å². The first-order valence-electron chi connectivity index (χ1n) is 5.20. The first kappa shape index (κ1) is 10.9. The molecule has 0 bridgehead atoms. The van der Waals surface area contributed by atoms with Gasteiger partial charge in [0, 0.05) is 11.4 Å². The van der Waals surface area contributed by atoms with Crippen molar-refractivity contribution < 1.29 is 8.42 Å². The Bertz CT molecular complexity index is 300. The number of rotatable bonds is 4. The molecule has 1 N–H and O–H groups in total. The van der Waals surface area contributed by atoms with Crippen LogP contribution in [0, 0.1) is 5.92 Å². The van der Waals surface area contributed by atoms with Gasteiger partial charge in [-0.3, -0.25) is 0 Å². The van der Waals surface area contributed by atoms with Gasteiger partial charge < -0.3 is 0 Å². The van der Waals surface area contributed by atoms with Gasteiger partial charge in [-0.15, -0.1) is 0 Å². The van der Waals surface area contributed by atoms with E-state index in [1.807, 2.05) is 0 Å². The summed E-state index contributed by atoms with van der Waals surface area (Å²) in [5, 5.41) is 0.823. The maximum atomic E-state index is 11.7. The zero-order valence-corrected chi connectivity index (χ0v) is 10.5. The van der Waals surface area contributed by atoms with E-state index >= 15 is 0 Å². The van der Waals surface area contributed by atoms with Gasteiger partial charge in [-0.2, -0.15) is 0 Å². The number of hydrogen-bond donors (Lipinski definition) is 1. The second-order valence-electron chi connectivity index (χ2n) is 4.31. The van der Waals surface area contributed by atoms with Crippen LogP contribution in [0.3, 0.4) is 0 Å². The van der Waals surface area contributed by atoms with Gasteiger partial charge in [0.25, 0.3) is 0 Å². The van der Waals surface area contributed by atoms with Gasteiger partial charge in [0.1, 0.15) is 0 Å². The number of alkyl halides is 1. The maximum Gasteiger partial charge on any atom is 0.214 e.